The zero-order valence-electron chi connectivity index (χ0n) is 15.1. The Balaban J connectivity index is 1.56. The van der Waals surface area contributed by atoms with Gasteiger partial charge in [-0.3, -0.25) is 9.69 Å². The lowest BCUT2D eigenvalue weighted by molar-refractivity contribution is -0.117. The van der Waals surface area contributed by atoms with Crippen molar-refractivity contribution in [1.82, 2.24) is 9.88 Å². The quantitative estimate of drug-likeness (QED) is 0.574. The number of rotatable bonds is 7. The summed E-state index contributed by atoms with van der Waals surface area (Å²) in [4.78, 5) is 18.9. The number of benzene rings is 2. The molecule has 1 amide bonds. The molecule has 140 valence electrons. The van der Waals surface area contributed by atoms with Crippen molar-refractivity contribution in [3.8, 4) is 16.3 Å². The van der Waals surface area contributed by atoms with Gasteiger partial charge in [0.1, 0.15) is 10.8 Å². The third kappa shape index (κ3) is 5.63. The summed E-state index contributed by atoms with van der Waals surface area (Å²) in [6.07, 6.45) is 0. The molecule has 3 rings (SSSR count). The number of hydrogen-bond acceptors (Lipinski definition) is 5. The molecule has 1 heterocycles. The minimum Gasteiger partial charge on any atom is -0.497 e. The second kappa shape index (κ2) is 9.12. The van der Waals surface area contributed by atoms with Gasteiger partial charge >= 0.3 is 0 Å². The second-order valence-electron chi connectivity index (χ2n) is 6.11. The summed E-state index contributed by atoms with van der Waals surface area (Å²) in [5, 5.41) is 5.89. The number of hydrogen-bond donors (Lipinski definition) is 1. The monoisotopic (exact) mass is 445 g/mol. The van der Waals surface area contributed by atoms with Crippen LogP contribution in [0.5, 0.6) is 5.75 Å². The molecule has 1 aromatic heterocycles. The van der Waals surface area contributed by atoms with Gasteiger partial charge in [-0.1, -0.05) is 34.1 Å². The Hall–Kier alpha value is -2.22. The van der Waals surface area contributed by atoms with E-state index in [0.29, 0.717) is 12.3 Å². The molecule has 3 aromatic rings. The Morgan fingerprint density at radius 2 is 2.07 bits per heavy atom. The second-order valence-corrected chi connectivity index (χ2v) is 7.88. The Kier molecular flexibility index (Phi) is 6.60. The fourth-order valence-corrected chi connectivity index (χ4v) is 3.82. The van der Waals surface area contributed by atoms with Crippen molar-refractivity contribution in [2.24, 2.45) is 0 Å². The van der Waals surface area contributed by atoms with Gasteiger partial charge in [0, 0.05) is 33.7 Å². The first-order valence-electron chi connectivity index (χ1n) is 8.36. The molecule has 5 nitrogen and oxygen atoms in total. The van der Waals surface area contributed by atoms with Crippen LogP contribution >= 0.6 is 27.3 Å². The summed E-state index contributed by atoms with van der Waals surface area (Å²) in [5.74, 6) is 0.636. The third-order valence-electron chi connectivity index (χ3n) is 3.82. The highest BCUT2D eigenvalue weighted by atomic mass is 79.9. The highest BCUT2D eigenvalue weighted by Gasteiger charge is 2.11. The van der Waals surface area contributed by atoms with E-state index in [9.17, 15) is 4.79 Å². The Labute approximate surface area is 171 Å². The van der Waals surface area contributed by atoms with Crippen LogP contribution in [0.15, 0.2) is 58.4 Å². The molecular formula is C20H20BrN3O2S. The van der Waals surface area contributed by atoms with Gasteiger partial charge in [-0.05, 0) is 31.3 Å². The van der Waals surface area contributed by atoms with E-state index in [1.165, 1.54) is 0 Å². The van der Waals surface area contributed by atoms with Gasteiger partial charge in [-0.2, -0.15) is 0 Å². The molecule has 0 aliphatic carbocycles. The van der Waals surface area contributed by atoms with Crippen molar-refractivity contribution in [2.75, 3.05) is 26.0 Å². The molecule has 7 heteroatoms. The summed E-state index contributed by atoms with van der Waals surface area (Å²) >= 11 is 5.09. The van der Waals surface area contributed by atoms with E-state index in [0.717, 1.165) is 26.4 Å². The van der Waals surface area contributed by atoms with E-state index in [-0.39, 0.29) is 12.5 Å². The Morgan fingerprint density at radius 1 is 1.26 bits per heavy atom. The lowest BCUT2D eigenvalue weighted by Crippen LogP contribution is -2.29. The summed E-state index contributed by atoms with van der Waals surface area (Å²) in [6.45, 7) is 0.886. The number of carbonyl (C=O) groups excluding carboxylic acids is 1. The summed E-state index contributed by atoms with van der Waals surface area (Å²) in [5.41, 5.74) is 2.75. The highest BCUT2D eigenvalue weighted by molar-refractivity contribution is 9.10. The lowest BCUT2D eigenvalue weighted by Gasteiger charge is -2.15. The molecule has 0 aliphatic rings. The predicted octanol–water partition coefficient (Wildman–Crippen LogP) is 4.65. The van der Waals surface area contributed by atoms with Crippen molar-refractivity contribution in [1.29, 1.82) is 0 Å². The first-order chi connectivity index (χ1) is 13.0. The number of amides is 1. The van der Waals surface area contributed by atoms with Crippen LogP contribution in [0, 0.1) is 0 Å². The van der Waals surface area contributed by atoms with Crippen molar-refractivity contribution >= 4 is 38.9 Å². The van der Waals surface area contributed by atoms with Gasteiger partial charge in [-0.15, -0.1) is 11.3 Å². The van der Waals surface area contributed by atoms with Crippen LogP contribution in [-0.4, -0.2) is 36.5 Å². The van der Waals surface area contributed by atoms with E-state index in [2.05, 4.69) is 26.2 Å². The predicted molar refractivity (Wildman–Crippen MR) is 113 cm³/mol. The normalized spacial score (nSPS) is 10.8. The number of nitrogens with zero attached hydrogens (tertiary/aromatic N) is 2. The summed E-state index contributed by atoms with van der Waals surface area (Å²) < 4.78 is 6.20. The van der Waals surface area contributed by atoms with Crippen LogP contribution < -0.4 is 10.1 Å². The maximum absolute atomic E-state index is 12.3. The van der Waals surface area contributed by atoms with Crippen molar-refractivity contribution < 1.29 is 9.53 Å². The first kappa shape index (κ1) is 19.5. The third-order valence-corrected chi connectivity index (χ3v) is 5.26. The standard InChI is InChI=1S/C20H20BrN3O2S/c1-24(12-19(25)22-16-7-4-8-18(10-16)26-2)11-17-13-27-20(23-17)14-5-3-6-15(21)9-14/h3-10,13H,11-12H2,1-2H3,(H,22,25). The number of halogens is 1. The van der Waals surface area contributed by atoms with Gasteiger partial charge in [0.05, 0.1) is 19.3 Å². The zero-order chi connectivity index (χ0) is 19.2. The van der Waals surface area contributed by atoms with E-state index >= 15 is 0 Å². The molecule has 0 spiro atoms. The van der Waals surface area contributed by atoms with Crippen LogP contribution in [0.1, 0.15) is 5.69 Å². The molecule has 2 aromatic carbocycles. The van der Waals surface area contributed by atoms with Crippen LogP contribution in [0.2, 0.25) is 0 Å². The summed E-state index contributed by atoms with van der Waals surface area (Å²) in [7, 11) is 3.51. The number of ether oxygens (including phenoxy) is 1. The number of methoxy groups -OCH3 is 1. The van der Waals surface area contributed by atoms with E-state index in [4.69, 9.17) is 4.74 Å². The average Bonchev–Trinajstić information content (AvgIpc) is 3.10. The number of likely N-dealkylation sites (N-methyl/N-ethyl adjacent to an activating group) is 1. The maximum Gasteiger partial charge on any atom is 0.238 e. The molecule has 0 unspecified atom stereocenters. The molecule has 0 saturated heterocycles. The fraction of sp³-hybridized carbons (Fsp3) is 0.200. The van der Waals surface area contributed by atoms with E-state index in [1.807, 2.05) is 59.8 Å². The smallest absolute Gasteiger partial charge is 0.238 e. The molecule has 27 heavy (non-hydrogen) atoms. The maximum atomic E-state index is 12.3. The molecule has 0 atom stereocenters. The molecule has 1 N–H and O–H groups in total. The van der Waals surface area contributed by atoms with Crippen molar-refractivity contribution in [2.45, 2.75) is 6.54 Å². The van der Waals surface area contributed by atoms with Crippen LogP contribution in [0.3, 0.4) is 0 Å². The van der Waals surface area contributed by atoms with Gasteiger partial charge in [0.15, 0.2) is 0 Å². The fourth-order valence-electron chi connectivity index (χ4n) is 2.61. The average molecular weight is 446 g/mol. The summed E-state index contributed by atoms with van der Waals surface area (Å²) in [6, 6.07) is 15.4. The number of thiazole rings is 1. The number of anilines is 1. The van der Waals surface area contributed by atoms with Crippen molar-refractivity contribution in [3.05, 3.63) is 64.1 Å². The van der Waals surface area contributed by atoms with E-state index < -0.39 is 0 Å². The van der Waals surface area contributed by atoms with Crippen molar-refractivity contribution in [3.63, 3.8) is 0 Å². The largest absolute Gasteiger partial charge is 0.497 e. The molecule has 0 bridgehead atoms. The number of carbonyl (C=O) groups is 1. The molecule has 0 saturated carbocycles. The Bertz CT molecular complexity index is 929. The molecule has 0 fully saturated rings. The topological polar surface area (TPSA) is 54.5 Å². The SMILES string of the molecule is COc1cccc(NC(=O)CN(C)Cc2csc(-c3cccc(Br)c3)n2)c1. The van der Waals surface area contributed by atoms with E-state index in [1.54, 1.807) is 24.5 Å². The van der Waals surface area contributed by atoms with Gasteiger partial charge < -0.3 is 10.1 Å². The zero-order valence-corrected chi connectivity index (χ0v) is 17.5. The van der Waals surface area contributed by atoms with Crippen LogP contribution in [-0.2, 0) is 11.3 Å². The van der Waals surface area contributed by atoms with Gasteiger partial charge in [0.25, 0.3) is 0 Å². The van der Waals surface area contributed by atoms with Crippen LogP contribution in [0.25, 0.3) is 10.6 Å². The first-order valence-corrected chi connectivity index (χ1v) is 10.0. The molecular weight excluding hydrogens is 426 g/mol. The number of aromatic nitrogens is 1. The highest BCUT2D eigenvalue weighted by Crippen LogP contribution is 2.26. The Morgan fingerprint density at radius 3 is 2.85 bits per heavy atom. The lowest BCUT2D eigenvalue weighted by atomic mass is 10.2. The minimum absolute atomic E-state index is 0.0757. The number of nitrogens with one attached hydrogen (secondary N) is 1. The minimum atomic E-state index is -0.0757. The molecule has 0 aliphatic heterocycles. The van der Waals surface area contributed by atoms with Gasteiger partial charge in [-0.25, -0.2) is 4.98 Å². The van der Waals surface area contributed by atoms with Crippen LogP contribution in [0.4, 0.5) is 5.69 Å². The van der Waals surface area contributed by atoms with Gasteiger partial charge in [0.2, 0.25) is 5.91 Å². The molecule has 0 radical (unpaired) electrons.